The van der Waals surface area contributed by atoms with Gasteiger partial charge in [-0.1, -0.05) is 35.5 Å². The molecule has 3 N–H and O–H groups in total. The van der Waals surface area contributed by atoms with E-state index in [1.165, 1.54) is 5.56 Å². The largest absolute Gasteiger partial charge is 0.346 e. The Bertz CT molecular complexity index is 553. The van der Waals surface area contributed by atoms with Gasteiger partial charge in [-0.15, -0.1) is 0 Å². The molecule has 0 aliphatic rings. The molecule has 2 rings (SSSR count). The molecule has 0 saturated heterocycles. The van der Waals surface area contributed by atoms with Gasteiger partial charge in [-0.3, -0.25) is 4.79 Å². The maximum Gasteiger partial charge on any atom is 0.246 e. The van der Waals surface area contributed by atoms with E-state index in [1.54, 1.807) is 6.92 Å². The molecule has 1 amide bonds. The summed E-state index contributed by atoms with van der Waals surface area (Å²) < 4.78 is 4.91. The maximum atomic E-state index is 11.8. The summed E-state index contributed by atoms with van der Waals surface area (Å²) in [6.45, 7) is 1.93. The van der Waals surface area contributed by atoms with E-state index in [1.807, 2.05) is 30.3 Å². The van der Waals surface area contributed by atoms with E-state index in [9.17, 15) is 4.79 Å². The second-order valence-electron chi connectivity index (χ2n) is 4.58. The van der Waals surface area contributed by atoms with E-state index >= 15 is 0 Å². The summed E-state index contributed by atoms with van der Waals surface area (Å²) in [5.41, 5.74) is 7.03. The maximum absolute atomic E-state index is 11.8. The van der Waals surface area contributed by atoms with Crippen molar-refractivity contribution in [2.75, 3.05) is 0 Å². The van der Waals surface area contributed by atoms with Gasteiger partial charge in [-0.2, -0.15) is 4.98 Å². The second kappa shape index (κ2) is 6.81. The first-order valence-electron chi connectivity index (χ1n) is 6.51. The number of aromatic nitrogens is 2. The molecule has 1 aromatic heterocycles. The summed E-state index contributed by atoms with van der Waals surface area (Å²) in [7, 11) is 0. The highest BCUT2D eigenvalue weighted by molar-refractivity contribution is 5.81. The monoisotopic (exact) mass is 274 g/mol. The molecule has 6 heteroatoms. The number of hydrogen-bond acceptors (Lipinski definition) is 5. The standard InChI is InChI=1S/C14H18N4O2/c1-10-17-13(20-18-10)9-16-14(19)12(15)8-7-11-5-3-2-4-6-11/h2-6,12H,7-9,15H2,1H3,(H,16,19)/t12-/m0/s1. The van der Waals surface area contributed by atoms with Crippen LogP contribution in [-0.4, -0.2) is 22.1 Å². The molecular formula is C14H18N4O2. The highest BCUT2D eigenvalue weighted by atomic mass is 16.5. The summed E-state index contributed by atoms with van der Waals surface area (Å²) in [6, 6.07) is 9.40. The first-order chi connectivity index (χ1) is 9.65. The molecular weight excluding hydrogens is 256 g/mol. The quantitative estimate of drug-likeness (QED) is 0.818. The minimum atomic E-state index is -0.542. The zero-order valence-corrected chi connectivity index (χ0v) is 11.4. The third kappa shape index (κ3) is 4.17. The first kappa shape index (κ1) is 14.2. The number of amides is 1. The first-order valence-corrected chi connectivity index (χ1v) is 6.51. The van der Waals surface area contributed by atoms with Gasteiger partial charge < -0.3 is 15.6 Å². The van der Waals surface area contributed by atoms with Crippen LogP contribution in [0.5, 0.6) is 0 Å². The summed E-state index contributed by atoms with van der Waals surface area (Å²) in [5.74, 6) is 0.713. The van der Waals surface area contributed by atoms with Gasteiger partial charge in [0.15, 0.2) is 5.82 Å². The van der Waals surface area contributed by atoms with E-state index in [2.05, 4.69) is 15.5 Å². The molecule has 1 aromatic carbocycles. The Morgan fingerprint density at radius 2 is 2.15 bits per heavy atom. The van der Waals surface area contributed by atoms with E-state index in [-0.39, 0.29) is 12.5 Å². The molecule has 0 unspecified atom stereocenters. The topological polar surface area (TPSA) is 94.0 Å². The minimum absolute atomic E-state index is 0.207. The van der Waals surface area contributed by atoms with E-state index in [0.717, 1.165) is 6.42 Å². The number of carbonyl (C=O) groups excluding carboxylic acids is 1. The summed E-state index contributed by atoms with van der Waals surface area (Å²) in [6.07, 6.45) is 1.37. The molecule has 1 atom stereocenters. The van der Waals surface area contributed by atoms with Gasteiger partial charge in [0.25, 0.3) is 0 Å². The number of nitrogens with zero attached hydrogens (tertiary/aromatic N) is 2. The molecule has 2 aromatic rings. The fourth-order valence-electron chi connectivity index (χ4n) is 1.80. The van der Waals surface area contributed by atoms with Crippen LogP contribution in [0.4, 0.5) is 0 Å². The average molecular weight is 274 g/mol. The number of carbonyl (C=O) groups is 1. The Labute approximate surface area is 117 Å². The third-order valence-corrected chi connectivity index (χ3v) is 2.91. The fraction of sp³-hybridized carbons (Fsp3) is 0.357. The Hall–Kier alpha value is -2.21. The SMILES string of the molecule is Cc1noc(CNC(=O)[C@@H](N)CCc2ccccc2)n1. The summed E-state index contributed by atoms with van der Waals surface area (Å²) in [5, 5.41) is 6.33. The molecule has 0 bridgehead atoms. The minimum Gasteiger partial charge on any atom is -0.346 e. The van der Waals surface area contributed by atoms with Crippen molar-refractivity contribution in [1.82, 2.24) is 15.5 Å². The predicted octanol–water partition coefficient (Wildman–Crippen LogP) is 0.954. The Morgan fingerprint density at radius 1 is 1.40 bits per heavy atom. The van der Waals surface area contributed by atoms with Crippen molar-refractivity contribution in [3.63, 3.8) is 0 Å². The summed E-state index contributed by atoms with van der Waals surface area (Å²) >= 11 is 0. The normalized spacial score (nSPS) is 12.1. The highest BCUT2D eigenvalue weighted by Gasteiger charge is 2.14. The Morgan fingerprint density at radius 3 is 2.80 bits per heavy atom. The van der Waals surface area contributed by atoms with Crippen LogP contribution in [0.1, 0.15) is 23.7 Å². The van der Waals surface area contributed by atoms with Crippen LogP contribution in [0.2, 0.25) is 0 Å². The van der Waals surface area contributed by atoms with Crippen LogP contribution in [0.3, 0.4) is 0 Å². The lowest BCUT2D eigenvalue weighted by molar-refractivity contribution is -0.122. The molecule has 0 radical (unpaired) electrons. The predicted molar refractivity (Wildman–Crippen MR) is 73.6 cm³/mol. The van der Waals surface area contributed by atoms with Crippen molar-refractivity contribution in [1.29, 1.82) is 0 Å². The van der Waals surface area contributed by atoms with Crippen molar-refractivity contribution in [3.05, 3.63) is 47.6 Å². The van der Waals surface area contributed by atoms with Crippen molar-refractivity contribution >= 4 is 5.91 Å². The van der Waals surface area contributed by atoms with Gasteiger partial charge in [0.05, 0.1) is 12.6 Å². The number of hydrogen-bond donors (Lipinski definition) is 2. The van der Waals surface area contributed by atoms with E-state index in [0.29, 0.717) is 18.1 Å². The van der Waals surface area contributed by atoms with Gasteiger partial charge in [-0.05, 0) is 25.3 Å². The Balaban J connectivity index is 1.74. The zero-order chi connectivity index (χ0) is 14.4. The molecule has 0 fully saturated rings. The van der Waals surface area contributed by atoms with Crippen molar-refractivity contribution < 1.29 is 9.32 Å². The smallest absolute Gasteiger partial charge is 0.246 e. The van der Waals surface area contributed by atoms with Gasteiger partial charge >= 0.3 is 0 Å². The molecule has 0 aliphatic heterocycles. The number of nitrogens with two attached hydrogens (primary N) is 1. The van der Waals surface area contributed by atoms with Gasteiger partial charge in [0, 0.05) is 0 Å². The van der Waals surface area contributed by atoms with Gasteiger partial charge in [0.1, 0.15) is 0 Å². The lowest BCUT2D eigenvalue weighted by Crippen LogP contribution is -2.40. The van der Waals surface area contributed by atoms with Gasteiger partial charge in [-0.25, -0.2) is 0 Å². The Kier molecular flexibility index (Phi) is 4.84. The van der Waals surface area contributed by atoms with Crippen molar-refractivity contribution in [2.24, 2.45) is 5.73 Å². The average Bonchev–Trinajstić information content (AvgIpc) is 2.89. The molecule has 0 spiro atoms. The molecule has 20 heavy (non-hydrogen) atoms. The van der Waals surface area contributed by atoms with Crippen molar-refractivity contribution in [2.45, 2.75) is 32.4 Å². The van der Waals surface area contributed by atoms with Crippen molar-refractivity contribution in [3.8, 4) is 0 Å². The van der Waals surface area contributed by atoms with Crippen LogP contribution in [0, 0.1) is 6.92 Å². The van der Waals surface area contributed by atoms with Crippen LogP contribution in [-0.2, 0) is 17.8 Å². The van der Waals surface area contributed by atoms with Gasteiger partial charge in [0.2, 0.25) is 11.8 Å². The van der Waals surface area contributed by atoms with Crippen LogP contribution < -0.4 is 11.1 Å². The number of nitrogens with one attached hydrogen (secondary N) is 1. The highest BCUT2D eigenvalue weighted by Crippen LogP contribution is 2.04. The molecule has 6 nitrogen and oxygen atoms in total. The fourth-order valence-corrected chi connectivity index (χ4v) is 1.80. The second-order valence-corrected chi connectivity index (χ2v) is 4.58. The number of aryl methyl sites for hydroxylation is 2. The zero-order valence-electron chi connectivity index (χ0n) is 11.4. The molecule has 0 aliphatic carbocycles. The lowest BCUT2D eigenvalue weighted by atomic mass is 10.1. The van der Waals surface area contributed by atoms with Crippen LogP contribution in [0.15, 0.2) is 34.9 Å². The number of rotatable bonds is 6. The lowest BCUT2D eigenvalue weighted by Gasteiger charge is -2.11. The molecule has 0 saturated carbocycles. The molecule has 106 valence electrons. The molecule has 1 heterocycles. The van der Waals surface area contributed by atoms with Crippen LogP contribution in [0.25, 0.3) is 0 Å². The van der Waals surface area contributed by atoms with E-state index < -0.39 is 6.04 Å². The summed E-state index contributed by atoms with van der Waals surface area (Å²) in [4.78, 5) is 15.8. The third-order valence-electron chi connectivity index (χ3n) is 2.91. The van der Waals surface area contributed by atoms with Crippen LogP contribution >= 0.6 is 0 Å². The number of benzene rings is 1. The van der Waals surface area contributed by atoms with E-state index in [4.69, 9.17) is 10.3 Å².